The first-order chi connectivity index (χ1) is 15.1. The number of amides is 1. The molecule has 156 valence electrons. The third-order valence-electron chi connectivity index (χ3n) is 4.75. The molecule has 3 aromatic heterocycles. The number of hydrogen-bond acceptors (Lipinski definition) is 7. The van der Waals surface area contributed by atoms with Crippen molar-refractivity contribution in [1.82, 2.24) is 15.1 Å². The molecular formula is C23H21N5O3. The summed E-state index contributed by atoms with van der Waals surface area (Å²) < 4.78 is 10.7. The van der Waals surface area contributed by atoms with Crippen LogP contribution in [0.25, 0.3) is 22.5 Å². The number of rotatable bonds is 6. The average molecular weight is 415 g/mol. The Hall–Kier alpha value is -4.20. The Morgan fingerprint density at radius 2 is 1.87 bits per heavy atom. The second-order valence-corrected chi connectivity index (χ2v) is 6.72. The van der Waals surface area contributed by atoms with Crippen molar-refractivity contribution in [1.29, 1.82) is 0 Å². The lowest BCUT2D eigenvalue weighted by Gasteiger charge is -2.12. The predicted molar refractivity (Wildman–Crippen MR) is 118 cm³/mol. The van der Waals surface area contributed by atoms with E-state index in [1.807, 2.05) is 48.5 Å². The van der Waals surface area contributed by atoms with Gasteiger partial charge in [0.2, 0.25) is 5.88 Å². The number of aryl methyl sites for hydroxylation is 1. The minimum atomic E-state index is -0.355. The molecule has 4 aromatic rings. The summed E-state index contributed by atoms with van der Waals surface area (Å²) in [5.41, 5.74) is 3.65. The molecular weight excluding hydrogens is 394 g/mol. The van der Waals surface area contributed by atoms with Crippen LogP contribution in [-0.4, -0.2) is 35.2 Å². The van der Waals surface area contributed by atoms with Crippen molar-refractivity contribution in [2.24, 2.45) is 0 Å². The van der Waals surface area contributed by atoms with Gasteiger partial charge >= 0.3 is 0 Å². The summed E-state index contributed by atoms with van der Waals surface area (Å²) in [4.78, 5) is 21.8. The summed E-state index contributed by atoms with van der Waals surface area (Å²) in [6.07, 6.45) is 1.70. The molecule has 0 aliphatic heterocycles. The first-order valence-corrected chi connectivity index (χ1v) is 9.63. The highest BCUT2D eigenvalue weighted by molar-refractivity contribution is 6.09. The van der Waals surface area contributed by atoms with Crippen LogP contribution in [0.2, 0.25) is 0 Å². The minimum Gasteiger partial charge on any atom is -0.479 e. The lowest BCUT2D eigenvalue weighted by molar-refractivity contribution is 0.102. The number of carbonyl (C=O) groups excluding carboxylic acids is 1. The van der Waals surface area contributed by atoms with Crippen LogP contribution in [0.15, 0.2) is 65.3 Å². The molecule has 8 nitrogen and oxygen atoms in total. The van der Waals surface area contributed by atoms with Gasteiger partial charge < -0.3 is 19.9 Å². The van der Waals surface area contributed by atoms with Gasteiger partial charge in [-0.2, -0.15) is 0 Å². The summed E-state index contributed by atoms with van der Waals surface area (Å²) >= 11 is 0. The second kappa shape index (κ2) is 8.66. The van der Waals surface area contributed by atoms with Crippen molar-refractivity contribution < 1.29 is 14.1 Å². The highest BCUT2D eigenvalue weighted by atomic mass is 16.5. The third kappa shape index (κ3) is 4.09. The SMILES string of the molecule is CNc1cc(-c2ccc(NC(=O)c3c(-c4ccccc4)noc3C)c(OC)n2)ccn1. The zero-order valence-electron chi connectivity index (χ0n) is 17.3. The summed E-state index contributed by atoms with van der Waals surface area (Å²) in [6, 6.07) is 16.7. The lowest BCUT2D eigenvalue weighted by Crippen LogP contribution is -2.14. The van der Waals surface area contributed by atoms with Crippen LogP contribution in [0.4, 0.5) is 11.5 Å². The van der Waals surface area contributed by atoms with E-state index >= 15 is 0 Å². The van der Waals surface area contributed by atoms with Gasteiger partial charge in [-0.25, -0.2) is 9.97 Å². The smallest absolute Gasteiger partial charge is 0.261 e. The number of pyridine rings is 2. The number of nitrogens with one attached hydrogen (secondary N) is 2. The average Bonchev–Trinajstić information content (AvgIpc) is 3.21. The fraction of sp³-hybridized carbons (Fsp3) is 0.130. The number of carbonyl (C=O) groups is 1. The Bertz CT molecular complexity index is 1220. The predicted octanol–water partition coefficient (Wildman–Crippen LogP) is 4.41. The van der Waals surface area contributed by atoms with Gasteiger partial charge in [-0.15, -0.1) is 0 Å². The van der Waals surface area contributed by atoms with E-state index in [0.29, 0.717) is 34.3 Å². The number of hydrogen-bond donors (Lipinski definition) is 2. The first-order valence-electron chi connectivity index (χ1n) is 9.63. The largest absolute Gasteiger partial charge is 0.479 e. The zero-order chi connectivity index (χ0) is 21.8. The Morgan fingerprint density at radius 3 is 2.61 bits per heavy atom. The van der Waals surface area contributed by atoms with Crippen molar-refractivity contribution >= 4 is 17.4 Å². The van der Waals surface area contributed by atoms with Crippen LogP contribution in [0, 0.1) is 6.92 Å². The van der Waals surface area contributed by atoms with Crippen molar-refractivity contribution in [2.45, 2.75) is 6.92 Å². The van der Waals surface area contributed by atoms with Crippen LogP contribution in [-0.2, 0) is 0 Å². The summed E-state index contributed by atoms with van der Waals surface area (Å²) in [6.45, 7) is 1.70. The number of aromatic nitrogens is 3. The van der Waals surface area contributed by atoms with E-state index in [2.05, 4.69) is 25.8 Å². The molecule has 0 aliphatic carbocycles. The van der Waals surface area contributed by atoms with Gasteiger partial charge in [-0.05, 0) is 31.2 Å². The van der Waals surface area contributed by atoms with Gasteiger partial charge in [-0.1, -0.05) is 35.5 Å². The molecule has 2 N–H and O–H groups in total. The highest BCUT2D eigenvalue weighted by Crippen LogP contribution is 2.30. The highest BCUT2D eigenvalue weighted by Gasteiger charge is 2.23. The molecule has 0 fully saturated rings. The number of methoxy groups -OCH3 is 1. The van der Waals surface area contributed by atoms with E-state index in [1.54, 1.807) is 26.2 Å². The number of anilines is 2. The molecule has 3 heterocycles. The molecule has 0 bridgehead atoms. The standard InChI is InChI=1S/C23H21N5O3/c1-14-20(21(28-31-14)15-7-5-4-6-8-15)22(29)26-18-10-9-17(27-23(18)30-3)16-11-12-25-19(13-16)24-2/h4-13H,1-3H3,(H,24,25)(H,26,29). The Morgan fingerprint density at radius 1 is 1.06 bits per heavy atom. The monoisotopic (exact) mass is 415 g/mol. The number of benzene rings is 1. The minimum absolute atomic E-state index is 0.295. The molecule has 0 spiro atoms. The van der Waals surface area contributed by atoms with Gasteiger partial charge in [0.25, 0.3) is 5.91 Å². The zero-order valence-corrected chi connectivity index (χ0v) is 17.3. The van der Waals surface area contributed by atoms with E-state index in [4.69, 9.17) is 9.26 Å². The molecule has 0 saturated heterocycles. The normalized spacial score (nSPS) is 10.5. The molecule has 0 saturated carbocycles. The van der Waals surface area contributed by atoms with E-state index in [-0.39, 0.29) is 5.91 Å². The molecule has 1 aromatic carbocycles. The van der Waals surface area contributed by atoms with Crippen LogP contribution < -0.4 is 15.4 Å². The van der Waals surface area contributed by atoms with Crippen LogP contribution in [0.1, 0.15) is 16.1 Å². The quantitative estimate of drug-likeness (QED) is 0.481. The van der Waals surface area contributed by atoms with E-state index in [1.165, 1.54) is 7.11 Å². The van der Waals surface area contributed by atoms with Gasteiger partial charge in [-0.3, -0.25) is 4.79 Å². The van der Waals surface area contributed by atoms with E-state index in [9.17, 15) is 4.79 Å². The van der Waals surface area contributed by atoms with Gasteiger partial charge in [0.15, 0.2) is 0 Å². The molecule has 31 heavy (non-hydrogen) atoms. The third-order valence-corrected chi connectivity index (χ3v) is 4.75. The van der Waals surface area contributed by atoms with Crippen LogP contribution in [0.3, 0.4) is 0 Å². The topological polar surface area (TPSA) is 102 Å². The first kappa shape index (κ1) is 20.1. The molecule has 0 radical (unpaired) electrons. The van der Waals surface area contributed by atoms with Crippen molar-refractivity contribution in [2.75, 3.05) is 24.8 Å². The van der Waals surface area contributed by atoms with E-state index in [0.717, 1.165) is 16.9 Å². The Labute approximate surface area is 179 Å². The van der Waals surface area contributed by atoms with Crippen molar-refractivity contribution in [3.05, 3.63) is 72.1 Å². The van der Waals surface area contributed by atoms with Crippen molar-refractivity contribution in [3.8, 4) is 28.4 Å². The summed E-state index contributed by atoms with van der Waals surface area (Å²) in [5.74, 6) is 1.10. The maximum absolute atomic E-state index is 13.1. The molecule has 0 atom stereocenters. The molecule has 4 rings (SSSR count). The Balaban J connectivity index is 1.64. The Kier molecular flexibility index (Phi) is 5.61. The van der Waals surface area contributed by atoms with Gasteiger partial charge in [0.05, 0.1) is 12.8 Å². The fourth-order valence-corrected chi connectivity index (χ4v) is 3.20. The van der Waals surface area contributed by atoms with Gasteiger partial charge in [0, 0.05) is 24.4 Å². The summed E-state index contributed by atoms with van der Waals surface area (Å²) in [7, 11) is 3.31. The number of ether oxygens (including phenoxy) is 1. The summed E-state index contributed by atoms with van der Waals surface area (Å²) in [5, 5.41) is 9.93. The van der Waals surface area contributed by atoms with Crippen LogP contribution >= 0.6 is 0 Å². The molecule has 0 aliphatic rings. The van der Waals surface area contributed by atoms with Crippen molar-refractivity contribution in [3.63, 3.8) is 0 Å². The number of nitrogens with zero attached hydrogens (tertiary/aromatic N) is 3. The maximum atomic E-state index is 13.1. The van der Waals surface area contributed by atoms with Crippen LogP contribution in [0.5, 0.6) is 5.88 Å². The molecule has 1 amide bonds. The van der Waals surface area contributed by atoms with Gasteiger partial charge in [0.1, 0.15) is 28.5 Å². The maximum Gasteiger partial charge on any atom is 0.261 e. The second-order valence-electron chi connectivity index (χ2n) is 6.72. The lowest BCUT2D eigenvalue weighted by atomic mass is 10.1. The molecule has 8 heteroatoms. The fourth-order valence-electron chi connectivity index (χ4n) is 3.20. The molecule has 0 unspecified atom stereocenters. The van der Waals surface area contributed by atoms with E-state index < -0.39 is 0 Å².